The lowest BCUT2D eigenvalue weighted by Crippen LogP contribution is -2.40. The molecule has 0 amide bonds. The van der Waals surface area contributed by atoms with Crippen molar-refractivity contribution in [2.24, 2.45) is 4.99 Å². The van der Waals surface area contributed by atoms with Crippen molar-refractivity contribution in [2.75, 3.05) is 18.5 Å². The number of rotatable bonds is 2. The Hall–Kier alpha value is -5.58. The number of amidine groups is 1. The third-order valence-corrected chi connectivity index (χ3v) is 13.5. The molecule has 77 heavy (non-hydrogen) atoms. The number of aromatic amines is 1. The average Bonchev–Trinajstić information content (AvgIpc) is 4.17. The van der Waals surface area contributed by atoms with Gasteiger partial charge in [0.05, 0.1) is 23.3 Å². The number of ether oxygens (including phenoxy) is 1. The molecule has 3 N–H and O–H groups in total. The van der Waals surface area contributed by atoms with Crippen LogP contribution in [-0.2, 0) is 71.5 Å². The molecular weight excluding hydrogens is 949 g/mol. The molecule has 7 heterocycles. The van der Waals surface area contributed by atoms with E-state index in [1.807, 2.05) is 24.3 Å². The third kappa shape index (κ3) is 21.0. The average molecular weight is 1050 g/mol. The fraction of sp³-hybridized carbons (Fsp3) is 0.606. The molecule has 11 heteroatoms. The zero-order valence-corrected chi connectivity index (χ0v) is 51.6. The van der Waals surface area contributed by atoms with E-state index in [0.717, 1.165) is 43.0 Å². The van der Waals surface area contributed by atoms with Crippen LogP contribution in [0.4, 0.5) is 5.95 Å². The number of anilines is 1. The van der Waals surface area contributed by atoms with Crippen LogP contribution in [0.2, 0.25) is 0 Å². The summed E-state index contributed by atoms with van der Waals surface area (Å²) in [5.41, 5.74) is 14.6. The zero-order valence-electron chi connectivity index (χ0n) is 51.6. The van der Waals surface area contributed by atoms with Crippen LogP contribution in [0.1, 0.15) is 227 Å². The predicted octanol–water partition coefficient (Wildman–Crippen LogP) is 15.5. The number of pyridine rings is 3. The molecule has 0 saturated heterocycles. The van der Waals surface area contributed by atoms with Crippen molar-refractivity contribution >= 4 is 23.0 Å². The molecule has 422 valence electrons. The molecule has 2 aliphatic heterocycles. The van der Waals surface area contributed by atoms with E-state index in [-0.39, 0.29) is 32.7 Å². The molecule has 0 fully saturated rings. The van der Waals surface area contributed by atoms with Crippen molar-refractivity contribution in [3.05, 3.63) is 130 Å². The van der Waals surface area contributed by atoms with Crippen molar-refractivity contribution < 1.29 is 4.74 Å². The Labute approximate surface area is 466 Å². The first-order valence-corrected chi connectivity index (χ1v) is 29.1. The Morgan fingerprint density at radius 3 is 1.58 bits per heavy atom. The smallest absolute Gasteiger partial charge is 0.285 e. The standard InChI is InChI=1S/C14H21N.C12H17N.C11H15N3.C11H18N2.C11H17N.C7H14N2O/c1-14(2,3)13-10-9-11-7-5-4-6-8-12(11)15-13;1-12(2,3)11-8-7-9-5-4-6-10(9)13-11;1-11(2,3)14-10-12-8-6-4-5-7-9(8)13-10;1-11(2,3)9-8-13-7-5-4-6-10(13)12-9;1-5-9-7-6-8-10(12-9)11(2,3)4;1-7(2,3)9-6-8-4-5-10-6/h9-10H,4-8H2,1-3H3;7-8H,4-6H2,1-3H3;4-7H,1-3H3,(H2,12,13,14);8H,4-7H2,1-3H3;6-8H,5H2,1-4H3;4-5H2,1-3H3,(H,8,9). The summed E-state index contributed by atoms with van der Waals surface area (Å²) in [5, 5.41) is 6.45. The molecular formula is C66H102N10O. The maximum atomic E-state index is 5.17. The van der Waals surface area contributed by atoms with E-state index < -0.39 is 0 Å². The van der Waals surface area contributed by atoms with Crippen molar-refractivity contribution in [1.29, 1.82) is 0 Å². The molecule has 6 aromatic rings. The molecule has 10 rings (SSSR count). The Morgan fingerprint density at radius 1 is 0.506 bits per heavy atom. The van der Waals surface area contributed by atoms with Gasteiger partial charge in [0, 0.05) is 86.1 Å². The van der Waals surface area contributed by atoms with Crippen LogP contribution >= 0.6 is 0 Å². The number of nitrogens with zero attached hydrogens (tertiary/aromatic N) is 7. The maximum absolute atomic E-state index is 5.17. The highest BCUT2D eigenvalue weighted by Crippen LogP contribution is 2.28. The molecule has 0 radical (unpaired) electrons. The highest BCUT2D eigenvalue weighted by molar-refractivity contribution is 5.77. The van der Waals surface area contributed by atoms with Gasteiger partial charge in [-0.05, 0) is 153 Å². The van der Waals surface area contributed by atoms with Crippen LogP contribution in [-0.4, -0.2) is 64.7 Å². The van der Waals surface area contributed by atoms with Gasteiger partial charge in [0.2, 0.25) is 5.95 Å². The monoisotopic (exact) mass is 1050 g/mol. The van der Waals surface area contributed by atoms with Crippen LogP contribution in [0.5, 0.6) is 0 Å². The number of nitrogens with one attached hydrogen (secondary N) is 3. The van der Waals surface area contributed by atoms with Gasteiger partial charge in [-0.1, -0.05) is 127 Å². The number of aryl methyl sites for hydroxylation is 7. The number of hydrogen-bond donors (Lipinski definition) is 3. The minimum atomic E-state index is 0.0356. The molecule has 11 nitrogen and oxygen atoms in total. The Bertz CT molecular complexity index is 2730. The van der Waals surface area contributed by atoms with Gasteiger partial charge in [-0.25, -0.2) is 15.0 Å². The molecule has 0 bridgehead atoms. The number of H-pyrrole nitrogens is 1. The number of fused-ring (bicyclic) bond motifs is 4. The molecule has 4 aliphatic rings. The molecule has 0 spiro atoms. The van der Waals surface area contributed by atoms with Gasteiger partial charge in [-0.2, -0.15) is 0 Å². The number of para-hydroxylation sites is 2. The van der Waals surface area contributed by atoms with Crippen LogP contribution in [0.3, 0.4) is 0 Å². The highest BCUT2D eigenvalue weighted by Gasteiger charge is 2.23. The van der Waals surface area contributed by atoms with Crippen LogP contribution in [0.15, 0.2) is 77.9 Å². The minimum absolute atomic E-state index is 0.0356. The lowest BCUT2D eigenvalue weighted by molar-refractivity contribution is 0.314. The Balaban J connectivity index is 0.000000171. The van der Waals surface area contributed by atoms with Crippen LogP contribution < -0.4 is 10.6 Å². The summed E-state index contributed by atoms with van der Waals surface area (Å²) < 4.78 is 7.49. The van der Waals surface area contributed by atoms with Gasteiger partial charge >= 0.3 is 0 Å². The largest absolute Gasteiger partial charge is 0.463 e. The SMILES string of the molecule is CC(C)(C)NC1=NCCO1.CC(C)(C)Nc1nc2ccccc2[nH]1.CC(C)(C)c1ccc2c(n1)CCC2.CC(C)(C)c1ccc2c(n1)CCCCC2.CC(C)(C)c1cn2c(n1)CCCC2.CCc1cccc(C(C)(C)C)n1. The first-order valence-electron chi connectivity index (χ1n) is 29.1. The number of aromatic nitrogens is 7. The third-order valence-electron chi connectivity index (χ3n) is 13.5. The summed E-state index contributed by atoms with van der Waals surface area (Å²) in [7, 11) is 0. The van der Waals surface area contributed by atoms with E-state index in [1.165, 1.54) is 128 Å². The summed E-state index contributed by atoms with van der Waals surface area (Å²) in [6.07, 6.45) is 17.1. The quantitative estimate of drug-likeness (QED) is 0.146. The van der Waals surface area contributed by atoms with Crippen molar-refractivity contribution in [3.63, 3.8) is 0 Å². The Kier molecular flexibility index (Phi) is 21.7. The topological polar surface area (TPSA) is 131 Å². The molecule has 1 aromatic carbocycles. The second-order valence-electron chi connectivity index (χ2n) is 27.5. The maximum Gasteiger partial charge on any atom is 0.285 e. The Morgan fingerprint density at radius 2 is 1.05 bits per heavy atom. The summed E-state index contributed by atoms with van der Waals surface area (Å²) in [6.45, 7) is 44.0. The van der Waals surface area contributed by atoms with E-state index in [0.29, 0.717) is 6.02 Å². The lowest BCUT2D eigenvalue weighted by atomic mass is 9.90. The van der Waals surface area contributed by atoms with Crippen LogP contribution in [0, 0.1) is 0 Å². The first-order chi connectivity index (χ1) is 35.9. The fourth-order valence-electron chi connectivity index (χ4n) is 8.98. The lowest BCUT2D eigenvalue weighted by Gasteiger charge is -2.20. The van der Waals surface area contributed by atoms with Crippen molar-refractivity contribution in [3.8, 4) is 0 Å². The normalized spacial score (nSPS) is 15.2. The second-order valence-corrected chi connectivity index (χ2v) is 27.5. The highest BCUT2D eigenvalue weighted by atomic mass is 16.5. The molecule has 0 atom stereocenters. The van der Waals surface area contributed by atoms with Crippen LogP contribution in [0.25, 0.3) is 11.0 Å². The number of hydrogen-bond acceptors (Lipinski definition) is 9. The predicted molar refractivity (Wildman–Crippen MR) is 326 cm³/mol. The van der Waals surface area contributed by atoms with Gasteiger partial charge in [0.15, 0.2) is 0 Å². The van der Waals surface area contributed by atoms with Gasteiger partial charge in [-0.3, -0.25) is 15.0 Å². The number of imidazole rings is 2. The number of benzene rings is 1. The summed E-state index contributed by atoms with van der Waals surface area (Å²) in [5.74, 6) is 2.12. The summed E-state index contributed by atoms with van der Waals surface area (Å²) in [6, 6.07) is 23.9. The van der Waals surface area contributed by atoms with Gasteiger partial charge in [0.25, 0.3) is 6.02 Å². The summed E-state index contributed by atoms with van der Waals surface area (Å²) >= 11 is 0. The van der Waals surface area contributed by atoms with Gasteiger partial charge < -0.3 is 24.9 Å². The fourth-order valence-corrected chi connectivity index (χ4v) is 8.98. The van der Waals surface area contributed by atoms with E-state index in [2.05, 4.69) is 220 Å². The van der Waals surface area contributed by atoms with Gasteiger partial charge in [0.1, 0.15) is 12.4 Å². The van der Waals surface area contributed by atoms with E-state index in [9.17, 15) is 0 Å². The van der Waals surface area contributed by atoms with Gasteiger partial charge in [-0.15, -0.1) is 0 Å². The second kappa shape index (κ2) is 26.9. The van der Waals surface area contributed by atoms with Crippen molar-refractivity contribution in [1.82, 2.24) is 39.8 Å². The molecule has 0 unspecified atom stereocenters. The number of aliphatic imine (C=N–C) groups is 1. The first kappa shape index (κ1) is 62.3. The van der Waals surface area contributed by atoms with E-state index >= 15 is 0 Å². The molecule has 5 aromatic heterocycles. The minimum Gasteiger partial charge on any atom is -0.463 e. The zero-order chi connectivity index (χ0) is 56.8. The van der Waals surface area contributed by atoms with Crippen molar-refractivity contribution in [2.45, 2.75) is 248 Å². The van der Waals surface area contributed by atoms with E-state index in [4.69, 9.17) is 14.7 Å². The molecule has 0 saturated carbocycles. The van der Waals surface area contributed by atoms with E-state index in [1.54, 1.807) is 0 Å². The summed E-state index contributed by atoms with van der Waals surface area (Å²) in [4.78, 5) is 30.6. The molecule has 2 aliphatic carbocycles.